The predicted octanol–water partition coefficient (Wildman–Crippen LogP) is 1.45. The fourth-order valence-corrected chi connectivity index (χ4v) is 4.15. The average Bonchev–Trinajstić information content (AvgIpc) is 3.31. The van der Waals surface area contributed by atoms with Gasteiger partial charge in [0.15, 0.2) is 0 Å². The number of aromatic nitrogens is 3. The summed E-state index contributed by atoms with van der Waals surface area (Å²) < 4.78 is 4.82. The number of aromatic amines is 1. The minimum absolute atomic E-state index is 0.0193. The number of amides is 2. The van der Waals surface area contributed by atoms with Crippen molar-refractivity contribution in [1.82, 2.24) is 25.6 Å². The van der Waals surface area contributed by atoms with Gasteiger partial charge in [-0.2, -0.15) is 5.10 Å². The molecule has 2 N–H and O–H groups in total. The van der Waals surface area contributed by atoms with Gasteiger partial charge in [-0.1, -0.05) is 11.6 Å². The van der Waals surface area contributed by atoms with E-state index in [-0.39, 0.29) is 29.7 Å². The number of aryl methyl sites for hydroxylation is 1. The van der Waals surface area contributed by atoms with Crippen LogP contribution in [-0.2, 0) is 11.2 Å². The molecule has 138 valence electrons. The number of rotatable bonds is 5. The molecule has 4 rings (SSSR count). The SMILES string of the molecule is Cc1[nH]ncc1C(=O)NCC1CC2(CCC2)CN1C(=O)Cc1ccon1. The van der Waals surface area contributed by atoms with Crippen molar-refractivity contribution in [1.29, 1.82) is 0 Å². The lowest BCUT2D eigenvalue weighted by molar-refractivity contribution is -0.131. The van der Waals surface area contributed by atoms with Crippen molar-refractivity contribution in [3.63, 3.8) is 0 Å². The molecule has 1 spiro atoms. The van der Waals surface area contributed by atoms with E-state index in [1.54, 1.807) is 6.07 Å². The molecule has 3 heterocycles. The Morgan fingerprint density at radius 2 is 2.31 bits per heavy atom. The van der Waals surface area contributed by atoms with Gasteiger partial charge in [0.1, 0.15) is 6.26 Å². The van der Waals surface area contributed by atoms with Crippen molar-refractivity contribution >= 4 is 11.8 Å². The standard InChI is InChI=1S/C18H23N5O3/c1-12-15(10-20-21-12)17(25)19-9-14-8-18(4-2-5-18)11-23(14)16(24)7-13-3-6-26-22-13/h3,6,10,14H,2,4-5,7-9,11H2,1H3,(H,19,25)(H,20,21). The number of carbonyl (C=O) groups excluding carboxylic acids is 2. The van der Waals surface area contributed by atoms with Crippen LogP contribution in [0, 0.1) is 12.3 Å². The van der Waals surface area contributed by atoms with Crippen LogP contribution in [0.3, 0.4) is 0 Å². The minimum atomic E-state index is -0.158. The predicted molar refractivity (Wildman–Crippen MR) is 92.3 cm³/mol. The van der Waals surface area contributed by atoms with Crippen LogP contribution in [0.4, 0.5) is 0 Å². The third-order valence-electron chi connectivity index (χ3n) is 5.75. The number of nitrogens with zero attached hydrogens (tertiary/aromatic N) is 3. The van der Waals surface area contributed by atoms with Crippen LogP contribution >= 0.6 is 0 Å². The van der Waals surface area contributed by atoms with Crippen LogP contribution < -0.4 is 5.32 Å². The summed E-state index contributed by atoms with van der Waals surface area (Å²) in [6.07, 6.45) is 7.72. The van der Waals surface area contributed by atoms with E-state index in [1.165, 1.54) is 18.9 Å². The molecule has 1 atom stereocenters. The van der Waals surface area contributed by atoms with Crippen molar-refractivity contribution < 1.29 is 14.1 Å². The maximum Gasteiger partial charge on any atom is 0.254 e. The van der Waals surface area contributed by atoms with Gasteiger partial charge < -0.3 is 14.7 Å². The molecule has 2 aliphatic rings. The van der Waals surface area contributed by atoms with Gasteiger partial charge in [-0.3, -0.25) is 14.7 Å². The fraction of sp³-hybridized carbons (Fsp3) is 0.556. The second-order valence-electron chi connectivity index (χ2n) is 7.52. The second-order valence-corrected chi connectivity index (χ2v) is 7.52. The van der Waals surface area contributed by atoms with Gasteiger partial charge in [-0.25, -0.2) is 0 Å². The highest BCUT2D eigenvalue weighted by molar-refractivity contribution is 5.95. The molecule has 1 aliphatic carbocycles. The highest BCUT2D eigenvalue weighted by Gasteiger charge is 2.48. The summed E-state index contributed by atoms with van der Waals surface area (Å²) in [5.74, 6) is -0.115. The van der Waals surface area contributed by atoms with Crippen LogP contribution in [0.15, 0.2) is 23.0 Å². The largest absolute Gasteiger partial charge is 0.364 e. The lowest BCUT2D eigenvalue weighted by Gasteiger charge is -2.37. The summed E-state index contributed by atoms with van der Waals surface area (Å²) in [5, 5.41) is 13.5. The first kappa shape index (κ1) is 16.8. The summed E-state index contributed by atoms with van der Waals surface area (Å²) >= 11 is 0. The van der Waals surface area contributed by atoms with Crippen LogP contribution in [0.5, 0.6) is 0 Å². The molecule has 1 saturated carbocycles. The second kappa shape index (κ2) is 6.59. The monoisotopic (exact) mass is 357 g/mol. The van der Waals surface area contributed by atoms with E-state index in [0.29, 0.717) is 17.8 Å². The average molecular weight is 357 g/mol. The Kier molecular flexibility index (Phi) is 4.26. The van der Waals surface area contributed by atoms with E-state index in [1.807, 2.05) is 11.8 Å². The molecule has 8 heteroatoms. The first-order valence-corrected chi connectivity index (χ1v) is 9.03. The van der Waals surface area contributed by atoms with E-state index in [2.05, 4.69) is 20.7 Å². The minimum Gasteiger partial charge on any atom is -0.364 e. The van der Waals surface area contributed by atoms with Gasteiger partial charge >= 0.3 is 0 Å². The molecule has 2 aromatic rings. The maximum absolute atomic E-state index is 12.8. The summed E-state index contributed by atoms with van der Waals surface area (Å²) in [7, 11) is 0. The van der Waals surface area contributed by atoms with Crippen molar-refractivity contribution in [3.8, 4) is 0 Å². The van der Waals surface area contributed by atoms with Gasteiger partial charge in [-0.05, 0) is 31.6 Å². The molecule has 1 aliphatic heterocycles. The Hall–Kier alpha value is -2.64. The molecule has 2 aromatic heterocycles. The third-order valence-corrected chi connectivity index (χ3v) is 5.75. The quantitative estimate of drug-likeness (QED) is 0.843. The van der Waals surface area contributed by atoms with Crippen molar-refractivity contribution in [2.45, 2.75) is 45.1 Å². The molecule has 2 fully saturated rings. The van der Waals surface area contributed by atoms with E-state index in [4.69, 9.17) is 4.52 Å². The molecule has 1 unspecified atom stereocenters. The van der Waals surface area contributed by atoms with E-state index in [0.717, 1.165) is 31.5 Å². The molecular formula is C18H23N5O3. The van der Waals surface area contributed by atoms with Crippen molar-refractivity contribution in [2.24, 2.45) is 5.41 Å². The zero-order valence-electron chi connectivity index (χ0n) is 14.8. The van der Waals surface area contributed by atoms with Crippen molar-refractivity contribution in [2.75, 3.05) is 13.1 Å². The van der Waals surface area contributed by atoms with E-state index in [9.17, 15) is 9.59 Å². The number of likely N-dealkylation sites (tertiary alicyclic amines) is 1. The molecule has 2 amide bonds. The number of hydrogen-bond acceptors (Lipinski definition) is 5. The smallest absolute Gasteiger partial charge is 0.254 e. The van der Waals surface area contributed by atoms with Gasteiger partial charge in [0, 0.05) is 30.9 Å². The van der Waals surface area contributed by atoms with Gasteiger partial charge in [-0.15, -0.1) is 0 Å². The molecule has 0 aromatic carbocycles. The fourth-order valence-electron chi connectivity index (χ4n) is 4.15. The first-order chi connectivity index (χ1) is 12.6. The van der Waals surface area contributed by atoms with E-state index >= 15 is 0 Å². The highest BCUT2D eigenvalue weighted by atomic mass is 16.5. The van der Waals surface area contributed by atoms with Gasteiger partial charge in [0.2, 0.25) is 5.91 Å². The van der Waals surface area contributed by atoms with Crippen LogP contribution in [0.2, 0.25) is 0 Å². The summed E-state index contributed by atoms with van der Waals surface area (Å²) in [5.41, 5.74) is 2.16. The number of carbonyl (C=O) groups is 2. The summed E-state index contributed by atoms with van der Waals surface area (Å²) in [4.78, 5) is 27.1. The zero-order valence-corrected chi connectivity index (χ0v) is 14.8. The molecule has 1 saturated heterocycles. The van der Waals surface area contributed by atoms with Crippen LogP contribution in [0.25, 0.3) is 0 Å². The Morgan fingerprint density at radius 1 is 1.46 bits per heavy atom. The molecule has 0 radical (unpaired) electrons. The molecule has 0 bridgehead atoms. The maximum atomic E-state index is 12.8. The molecule has 26 heavy (non-hydrogen) atoms. The van der Waals surface area contributed by atoms with E-state index < -0.39 is 0 Å². The lowest BCUT2D eigenvalue weighted by Crippen LogP contribution is -2.44. The normalized spacial score (nSPS) is 21.0. The Bertz CT molecular complexity index is 794. The number of nitrogens with one attached hydrogen (secondary N) is 2. The Balaban J connectivity index is 1.42. The molecular weight excluding hydrogens is 334 g/mol. The van der Waals surface area contributed by atoms with Crippen molar-refractivity contribution in [3.05, 3.63) is 35.5 Å². The lowest BCUT2D eigenvalue weighted by atomic mass is 9.67. The topological polar surface area (TPSA) is 104 Å². The first-order valence-electron chi connectivity index (χ1n) is 9.03. The van der Waals surface area contributed by atoms with Gasteiger partial charge in [0.25, 0.3) is 5.91 Å². The summed E-state index contributed by atoms with van der Waals surface area (Å²) in [6, 6.07) is 1.73. The highest BCUT2D eigenvalue weighted by Crippen LogP contribution is 2.50. The molecule has 8 nitrogen and oxygen atoms in total. The number of hydrogen-bond donors (Lipinski definition) is 2. The van der Waals surface area contributed by atoms with Crippen LogP contribution in [0.1, 0.15) is 47.4 Å². The zero-order chi connectivity index (χ0) is 18.1. The number of H-pyrrole nitrogens is 1. The van der Waals surface area contributed by atoms with Gasteiger partial charge in [0.05, 0.1) is 23.9 Å². The Labute approximate surface area is 151 Å². The Morgan fingerprint density at radius 3 is 2.92 bits per heavy atom. The van der Waals surface area contributed by atoms with Crippen LogP contribution in [-0.4, -0.2) is 51.2 Å². The third kappa shape index (κ3) is 3.11. The summed E-state index contributed by atoms with van der Waals surface area (Å²) in [6.45, 7) is 3.04.